The minimum Gasteiger partial charge on any atom is -0.497 e. The number of ether oxygens (including phenoxy) is 2. The van der Waals surface area contributed by atoms with Crippen molar-refractivity contribution in [3.8, 4) is 5.75 Å². The molecule has 0 bridgehead atoms. The van der Waals surface area contributed by atoms with Crippen LogP contribution in [0.4, 0.5) is 0 Å². The quantitative estimate of drug-likeness (QED) is 0.306. The molecule has 0 aliphatic carbocycles. The predicted molar refractivity (Wildman–Crippen MR) is 102 cm³/mol. The van der Waals surface area contributed by atoms with Gasteiger partial charge in [0.15, 0.2) is 5.96 Å². The number of hydrogen-bond donors (Lipinski definition) is 3. The molecule has 1 aromatic rings. The molecule has 0 fully saturated rings. The van der Waals surface area contributed by atoms with E-state index in [2.05, 4.69) is 15.6 Å². The van der Waals surface area contributed by atoms with Crippen molar-refractivity contribution in [3.63, 3.8) is 0 Å². The zero-order chi connectivity index (χ0) is 18.3. The lowest BCUT2D eigenvalue weighted by Crippen LogP contribution is -2.39. The Labute approximate surface area is 151 Å². The van der Waals surface area contributed by atoms with Gasteiger partial charge in [-0.1, -0.05) is 19.1 Å². The van der Waals surface area contributed by atoms with Gasteiger partial charge in [-0.3, -0.25) is 0 Å². The Morgan fingerprint density at radius 1 is 1.16 bits per heavy atom. The van der Waals surface area contributed by atoms with E-state index in [-0.39, 0.29) is 6.10 Å². The SMILES string of the molecule is CCOCCCNC(=NCc1ccc(OC)cc1)NCCC(O)CC. The third-order valence-corrected chi connectivity index (χ3v) is 3.78. The molecule has 1 unspecified atom stereocenters. The van der Waals surface area contributed by atoms with Gasteiger partial charge in [-0.2, -0.15) is 0 Å². The summed E-state index contributed by atoms with van der Waals surface area (Å²) in [4.78, 5) is 4.62. The molecule has 0 spiro atoms. The van der Waals surface area contributed by atoms with Crippen molar-refractivity contribution < 1.29 is 14.6 Å². The van der Waals surface area contributed by atoms with Gasteiger partial charge in [0, 0.05) is 26.3 Å². The zero-order valence-electron chi connectivity index (χ0n) is 15.8. The standard InChI is InChI=1S/C19H33N3O3/c1-4-17(23)11-13-21-19(20-12-6-14-25-5-2)22-15-16-7-9-18(24-3)10-8-16/h7-10,17,23H,4-6,11-15H2,1-3H3,(H2,20,21,22). The summed E-state index contributed by atoms with van der Waals surface area (Å²) in [6.45, 7) is 7.53. The molecule has 3 N–H and O–H groups in total. The van der Waals surface area contributed by atoms with E-state index in [9.17, 15) is 5.11 Å². The maximum atomic E-state index is 9.67. The molecule has 0 aromatic heterocycles. The number of aliphatic imine (C=N–C) groups is 1. The number of benzene rings is 1. The fourth-order valence-corrected chi connectivity index (χ4v) is 2.16. The number of methoxy groups -OCH3 is 1. The maximum absolute atomic E-state index is 9.67. The van der Waals surface area contributed by atoms with Gasteiger partial charge in [-0.05, 0) is 43.9 Å². The molecule has 1 aromatic carbocycles. The fourth-order valence-electron chi connectivity index (χ4n) is 2.16. The van der Waals surface area contributed by atoms with Gasteiger partial charge in [-0.15, -0.1) is 0 Å². The molecule has 0 saturated heterocycles. The Hall–Kier alpha value is -1.79. The summed E-state index contributed by atoms with van der Waals surface area (Å²) in [5, 5.41) is 16.3. The second-order valence-electron chi connectivity index (χ2n) is 5.77. The Kier molecular flexibility index (Phi) is 11.5. The van der Waals surface area contributed by atoms with E-state index >= 15 is 0 Å². The zero-order valence-corrected chi connectivity index (χ0v) is 15.8. The first-order chi connectivity index (χ1) is 12.2. The third kappa shape index (κ3) is 9.94. The highest BCUT2D eigenvalue weighted by Gasteiger charge is 2.03. The minimum atomic E-state index is -0.270. The molecule has 25 heavy (non-hydrogen) atoms. The summed E-state index contributed by atoms with van der Waals surface area (Å²) in [5.74, 6) is 1.60. The van der Waals surface area contributed by atoms with Crippen LogP contribution in [-0.4, -0.2) is 50.6 Å². The lowest BCUT2D eigenvalue weighted by atomic mass is 10.2. The largest absolute Gasteiger partial charge is 0.497 e. The first kappa shape index (κ1) is 21.3. The maximum Gasteiger partial charge on any atom is 0.191 e. The fraction of sp³-hybridized carbons (Fsp3) is 0.632. The summed E-state index contributed by atoms with van der Waals surface area (Å²) < 4.78 is 10.5. The molecule has 0 radical (unpaired) electrons. The first-order valence-corrected chi connectivity index (χ1v) is 9.10. The summed E-state index contributed by atoms with van der Waals surface area (Å²) in [5.41, 5.74) is 1.12. The number of aliphatic hydroxyl groups is 1. The molecule has 1 atom stereocenters. The van der Waals surface area contributed by atoms with Gasteiger partial charge in [0.05, 0.1) is 19.8 Å². The van der Waals surface area contributed by atoms with E-state index in [1.807, 2.05) is 38.1 Å². The Balaban J connectivity index is 2.50. The lowest BCUT2D eigenvalue weighted by Gasteiger charge is -2.14. The number of guanidine groups is 1. The number of nitrogens with one attached hydrogen (secondary N) is 2. The van der Waals surface area contributed by atoms with Gasteiger partial charge in [0.1, 0.15) is 5.75 Å². The molecule has 0 saturated carbocycles. The normalized spacial score (nSPS) is 12.7. The average molecular weight is 351 g/mol. The van der Waals surface area contributed by atoms with Crippen LogP contribution in [0.15, 0.2) is 29.3 Å². The van der Waals surface area contributed by atoms with E-state index < -0.39 is 0 Å². The van der Waals surface area contributed by atoms with Gasteiger partial charge < -0.3 is 25.2 Å². The lowest BCUT2D eigenvalue weighted by molar-refractivity contribution is 0.145. The van der Waals surface area contributed by atoms with E-state index in [1.165, 1.54) is 0 Å². The predicted octanol–water partition coefficient (Wildman–Crippen LogP) is 2.32. The van der Waals surface area contributed by atoms with Crippen LogP contribution in [0.1, 0.15) is 38.7 Å². The average Bonchev–Trinajstić information content (AvgIpc) is 2.65. The first-order valence-electron chi connectivity index (χ1n) is 9.10. The van der Waals surface area contributed by atoms with E-state index in [0.717, 1.165) is 49.9 Å². The summed E-state index contributed by atoms with van der Waals surface area (Å²) in [7, 11) is 1.66. The molecular formula is C19H33N3O3. The number of aliphatic hydroxyl groups excluding tert-OH is 1. The van der Waals surface area contributed by atoms with Crippen LogP contribution in [0.2, 0.25) is 0 Å². The summed E-state index contributed by atoms with van der Waals surface area (Å²) >= 11 is 0. The molecular weight excluding hydrogens is 318 g/mol. The van der Waals surface area contributed by atoms with Crippen LogP contribution in [0, 0.1) is 0 Å². The highest BCUT2D eigenvalue weighted by Crippen LogP contribution is 2.11. The second kappa shape index (κ2) is 13.5. The highest BCUT2D eigenvalue weighted by molar-refractivity contribution is 5.79. The van der Waals surface area contributed by atoms with Crippen LogP contribution in [0.3, 0.4) is 0 Å². The van der Waals surface area contributed by atoms with Crippen molar-refractivity contribution in [2.75, 3.05) is 33.4 Å². The molecule has 142 valence electrons. The monoisotopic (exact) mass is 351 g/mol. The summed E-state index contributed by atoms with van der Waals surface area (Å²) in [6.07, 6.45) is 2.13. The van der Waals surface area contributed by atoms with Gasteiger partial charge in [-0.25, -0.2) is 4.99 Å². The van der Waals surface area contributed by atoms with E-state index in [1.54, 1.807) is 7.11 Å². The van der Waals surface area contributed by atoms with Crippen molar-refractivity contribution in [1.82, 2.24) is 10.6 Å². The third-order valence-electron chi connectivity index (χ3n) is 3.78. The van der Waals surface area contributed by atoms with Crippen LogP contribution >= 0.6 is 0 Å². The minimum absolute atomic E-state index is 0.270. The Bertz CT molecular complexity index is 477. The van der Waals surface area contributed by atoms with E-state index in [4.69, 9.17) is 9.47 Å². The van der Waals surface area contributed by atoms with Gasteiger partial charge in [0.25, 0.3) is 0 Å². The highest BCUT2D eigenvalue weighted by atomic mass is 16.5. The van der Waals surface area contributed by atoms with Crippen LogP contribution in [-0.2, 0) is 11.3 Å². The van der Waals surface area contributed by atoms with Crippen molar-refractivity contribution >= 4 is 5.96 Å². The van der Waals surface area contributed by atoms with Crippen molar-refractivity contribution in [3.05, 3.63) is 29.8 Å². The number of nitrogens with zero attached hydrogens (tertiary/aromatic N) is 1. The summed E-state index contributed by atoms with van der Waals surface area (Å²) in [6, 6.07) is 7.89. The molecule has 6 nitrogen and oxygen atoms in total. The number of hydrogen-bond acceptors (Lipinski definition) is 4. The molecule has 6 heteroatoms. The van der Waals surface area contributed by atoms with Gasteiger partial charge >= 0.3 is 0 Å². The Morgan fingerprint density at radius 3 is 2.52 bits per heavy atom. The van der Waals surface area contributed by atoms with Crippen LogP contribution in [0.5, 0.6) is 5.75 Å². The number of rotatable bonds is 12. The Morgan fingerprint density at radius 2 is 1.88 bits per heavy atom. The smallest absolute Gasteiger partial charge is 0.191 e. The van der Waals surface area contributed by atoms with Crippen molar-refractivity contribution in [2.24, 2.45) is 4.99 Å². The van der Waals surface area contributed by atoms with Crippen LogP contribution < -0.4 is 15.4 Å². The van der Waals surface area contributed by atoms with Crippen molar-refractivity contribution in [1.29, 1.82) is 0 Å². The molecule has 1 rings (SSSR count). The van der Waals surface area contributed by atoms with E-state index in [0.29, 0.717) is 19.5 Å². The molecule has 0 aliphatic heterocycles. The van der Waals surface area contributed by atoms with Gasteiger partial charge in [0.2, 0.25) is 0 Å². The molecule has 0 heterocycles. The molecule has 0 amide bonds. The second-order valence-corrected chi connectivity index (χ2v) is 5.77. The van der Waals surface area contributed by atoms with Crippen molar-refractivity contribution in [2.45, 2.75) is 45.8 Å². The topological polar surface area (TPSA) is 75.1 Å². The van der Waals surface area contributed by atoms with Crippen LogP contribution in [0.25, 0.3) is 0 Å². The molecule has 0 aliphatic rings.